The van der Waals surface area contributed by atoms with E-state index in [1.165, 1.54) is 12.2 Å². The Kier molecular flexibility index (Phi) is 7.17. The third-order valence-corrected chi connectivity index (χ3v) is 1.83. The van der Waals surface area contributed by atoms with Crippen molar-refractivity contribution in [2.75, 3.05) is 0 Å². The Morgan fingerprint density at radius 3 is 2.15 bits per heavy atom. The van der Waals surface area contributed by atoms with E-state index in [1.807, 2.05) is 0 Å². The summed E-state index contributed by atoms with van der Waals surface area (Å²) in [5.74, 6) is 0.0825. The van der Waals surface area contributed by atoms with Crippen LogP contribution in [0.25, 0.3) is 0 Å². The number of hydrogen-bond donors (Lipinski definition) is 0. The maximum Gasteiger partial charge on any atom is 0.155 e. The first-order valence-corrected chi connectivity index (χ1v) is 4.94. The van der Waals surface area contributed by atoms with Crippen LogP contribution in [0.5, 0.6) is 0 Å². The second-order valence-corrected chi connectivity index (χ2v) is 3.08. The van der Waals surface area contributed by atoms with Gasteiger partial charge < -0.3 is 0 Å². The highest BCUT2D eigenvalue weighted by Crippen LogP contribution is 2.00. The van der Waals surface area contributed by atoms with Crippen molar-refractivity contribution in [2.24, 2.45) is 0 Å². The van der Waals surface area contributed by atoms with Gasteiger partial charge in [0.1, 0.15) is 0 Å². The van der Waals surface area contributed by atoms with Crippen LogP contribution in [0.3, 0.4) is 0 Å². The molecule has 0 aliphatic heterocycles. The minimum Gasteiger partial charge on any atom is -0.295 e. The Morgan fingerprint density at radius 2 is 1.62 bits per heavy atom. The summed E-state index contributed by atoms with van der Waals surface area (Å²) in [6, 6.07) is 0. The molecular weight excluding hydrogens is 164 g/mol. The van der Waals surface area contributed by atoms with Gasteiger partial charge in [0.2, 0.25) is 0 Å². The average Bonchev–Trinajstić information content (AvgIpc) is 2.14. The fourth-order valence-electron chi connectivity index (χ4n) is 0.936. The van der Waals surface area contributed by atoms with Crippen molar-refractivity contribution in [3.05, 3.63) is 12.2 Å². The van der Waals surface area contributed by atoms with Gasteiger partial charge in [-0.05, 0) is 18.6 Å². The lowest BCUT2D eigenvalue weighted by Gasteiger charge is -1.93. The van der Waals surface area contributed by atoms with Crippen LogP contribution in [0.2, 0.25) is 0 Å². The molecule has 0 saturated carbocycles. The summed E-state index contributed by atoms with van der Waals surface area (Å²) >= 11 is 0. The van der Waals surface area contributed by atoms with E-state index in [0.717, 1.165) is 19.3 Å². The summed E-state index contributed by atoms with van der Waals surface area (Å²) in [4.78, 5) is 21.9. The van der Waals surface area contributed by atoms with Crippen molar-refractivity contribution in [2.45, 2.75) is 46.0 Å². The minimum absolute atomic E-state index is 0.0174. The molecule has 0 bridgehead atoms. The molecule has 0 fully saturated rings. The van der Waals surface area contributed by atoms with E-state index in [0.29, 0.717) is 12.8 Å². The molecule has 2 nitrogen and oxygen atoms in total. The highest BCUT2D eigenvalue weighted by Gasteiger charge is 1.97. The number of unbranched alkanes of at least 4 members (excludes halogenated alkanes) is 2. The van der Waals surface area contributed by atoms with Crippen LogP contribution in [-0.4, -0.2) is 11.6 Å². The molecule has 0 spiro atoms. The lowest BCUT2D eigenvalue weighted by molar-refractivity contribution is -0.116. The topological polar surface area (TPSA) is 34.1 Å². The lowest BCUT2D eigenvalue weighted by atomic mass is 10.1. The fraction of sp³-hybridized carbons (Fsp3) is 0.636. The van der Waals surface area contributed by atoms with E-state index in [9.17, 15) is 9.59 Å². The normalized spacial score (nSPS) is 10.6. The Bertz CT molecular complexity index is 192. The number of carbonyl (C=O) groups excluding carboxylic acids is 2. The molecule has 0 aromatic heterocycles. The molecular formula is C11H18O2. The van der Waals surface area contributed by atoms with E-state index in [-0.39, 0.29) is 11.6 Å². The Morgan fingerprint density at radius 1 is 1.00 bits per heavy atom. The smallest absolute Gasteiger partial charge is 0.155 e. The molecule has 0 radical (unpaired) electrons. The molecule has 0 aliphatic carbocycles. The quantitative estimate of drug-likeness (QED) is 0.448. The van der Waals surface area contributed by atoms with Crippen LogP contribution in [0.1, 0.15) is 46.0 Å². The third kappa shape index (κ3) is 7.44. The van der Waals surface area contributed by atoms with Crippen LogP contribution in [0.4, 0.5) is 0 Å². The number of ketones is 2. The molecule has 0 unspecified atom stereocenters. The van der Waals surface area contributed by atoms with Crippen LogP contribution < -0.4 is 0 Å². The van der Waals surface area contributed by atoms with Gasteiger partial charge in [-0.3, -0.25) is 9.59 Å². The van der Waals surface area contributed by atoms with Crippen LogP contribution >= 0.6 is 0 Å². The number of carbonyl (C=O) groups is 2. The van der Waals surface area contributed by atoms with Crippen molar-refractivity contribution in [1.82, 2.24) is 0 Å². The molecule has 0 N–H and O–H groups in total. The molecule has 0 rings (SSSR count). The Labute approximate surface area is 80.0 Å². The SMILES string of the molecule is CCCCCC(=O)C=CC(=O)CC. The first-order valence-electron chi connectivity index (χ1n) is 4.94. The largest absolute Gasteiger partial charge is 0.295 e. The van der Waals surface area contributed by atoms with E-state index in [2.05, 4.69) is 6.92 Å². The van der Waals surface area contributed by atoms with E-state index < -0.39 is 0 Å². The second-order valence-electron chi connectivity index (χ2n) is 3.08. The maximum atomic E-state index is 11.1. The van der Waals surface area contributed by atoms with Crippen LogP contribution in [-0.2, 0) is 9.59 Å². The van der Waals surface area contributed by atoms with Crippen LogP contribution in [0, 0.1) is 0 Å². The van der Waals surface area contributed by atoms with E-state index in [4.69, 9.17) is 0 Å². The maximum absolute atomic E-state index is 11.1. The minimum atomic E-state index is 0.0174. The van der Waals surface area contributed by atoms with Crippen LogP contribution in [0.15, 0.2) is 12.2 Å². The Hall–Kier alpha value is -0.920. The van der Waals surface area contributed by atoms with Gasteiger partial charge in [0.25, 0.3) is 0 Å². The van der Waals surface area contributed by atoms with Gasteiger partial charge in [0.15, 0.2) is 11.6 Å². The summed E-state index contributed by atoms with van der Waals surface area (Å²) in [6.07, 6.45) is 6.96. The summed E-state index contributed by atoms with van der Waals surface area (Å²) in [7, 11) is 0. The van der Waals surface area contributed by atoms with Gasteiger partial charge >= 0.3 is 0 Å². The summed E-state index contributed by atoms with van der Waals surface area (Å²) in [5.41, 5.74) is 0. The van der Waals surface area contributed by atoms with E-state index in [1.54, 1.807) is 6.92 Å². The molecule has 0 atom stereocenters. The number of rotatable bonds is 7. The highest BCUT2D eigenvalue weighted by molar-refractivity contribution is 5.98. The zero-order valence-electron chi connectivity index (χ0n) is 8.51. The zero-order valence-corrected chi connectivity index (χ0v) is 8.51. The van der Waals surface area contributed by atoms with Crippen molar-refractivity contribution in [3.63, 3.8) is 0 Å². The monoisotopic (exact) mass is 182 g/mol. The van der Waals surface area contributed by atoms with Gasteiger partial charge in [0, 0.05) is 12.8 Å². The van der Waals surface area contributed by atoms with Crippen molar-refractivity contribution < 1.29 is 9.59 Å². The standard InChI is InChI=1S/C11H18O2/c1-3-5-6-7-11(13)9-8-10(12)4-2/h8-9H,3-7H2,1-2H3. The molecule has 74 valence electrons. The van der Waals surface area contributed by atoms with E-state index >= 15 is 0 Å². The summed E-state index contributed by atoms with van der Waals surface area (Å²) < 4.78 is 0. The fourth-order valence-corrected chi connectivity index (χ4v) is 0.936. The third-order valence-electron chi connectivity index (χ3n) is 1.83. The van der Waals surface area contributed by atoms with Gasteiger partial charge in [-0.25, -0.2) is 0 Å². The predicted molar refractivity (Wildman–Crippen MR) is 53.6 cm³/mol. The molecule has 0 aliphatic rings. The summed E-state index contributed by atoms with van der Waals surface area (Å²) in [5, 5.41) is 0. The molecule has 0 aromatic rings. The van der Waals surface area contributed by atoms with Gasteiger partial charge in [-0.2, -0.15) is 0 Å². The van der Waals surface area contributed by atoms with Gasteiger partial charge in [-0.15, -0.1) is 0 Å². The molecule has 0 saturated heterocycles. The van der Waals surface area contributed by atoms with Crippen molar-refractivity contribution in [3.8, 4) is 0 Å². The highest BCUT2D eigenvalue weighted by atomic mass is 16.1. The molecule has 2 heteroatoms. The first kappa shape index (κ1) is 12.1. The molecule has 0 amide bonds. The number of hydrogen-bond acceptors (Lipinski definition) is 2. The Balaban J connectivity index is 3.61. The zero-order chi connectivity index (χ0) is 10.1. The molecule has 13 heavy (non-hydrogen) atoms. The molecule has 0 aromatic carbocycles. The molecule has 0 heterocycles. The first-order chi connectivity index (χ1) is 6.20. The average molecular weight is 182 g/mol. The number of allylic oxidation sites excluding steroid dienone is 2. The lowest BCUT2D eigenvalue weighted by Crippen LogP contribution is -1.95. The van der Waals surface area contributed by atoms with Gasteiger partial charge in [0.05, 0.1) is 0 Å². The summed E-state index contributed by atoms with van der Waals surface area (Å²) in [6.45, 7) is 3.88. The van der Waals surface area contributed by atoms with Gasteiger partial charge in [-0.1, -0.05) is 26.7 Å². The van der Waals surface area contributed by atoms with Crippen molar-refractivity contribution >= 4 is 11.6 Å². The second kappa shape index (κ2) is 7.71. The van der Waals surface area contributed by atoms with Crippen molar-refractivity contribution in [1.29, 1.82) is 0 Å². The predicted octanol–water partition coefficient (Wildman–Crippen LogP) is 2.67.